The highest BCUT2D eigenvalue weighted by atomic mass is 16.5. The molecule has 1 aliphatic carbocycles. The highest BCUT2D eigenvalue weighted by Crippen LogP contribution is 2.33. The van der Waals surface area contributed by atoms with Gasteiger partial charge in [0.15, 0.2) is 0 Å². The minimum Gasteiger partial charge on any atom is -0.501 e. The molecule has 0 amide bonds. The molecule has 2 nitrogen and oxygen atoms in total. The van der Waals surface area contributed by atoms with E-state index in [2.05, 4.69) is 38.2 Å². The van der Waals surface area contributed by atoms with Crippen molar-refractivity contribution in [2.24, 2.45) is 5.41 Å². The Morgan fingerprint density at radius 3 is 2.43 bits per heavy atom. The number of ether oxygens (including phenoxy) is 2. The van der Waals surface area contributed by atoms with E-state index in [0.29, 0.717) is 0 Å². The van der Waals surface area contributed by atoms with Crippen LogP contribution in [0, 0.1) is 5.41 Å². The highest BCUT2D eigenvalue weighted by molar-refractivity contribution is 5.24. The van der Waals surface area contributed by atoms with Crippen molar-refractivity contribution in [2.45, 2.75) is 78.6 Å². The molecule has 1 unspecified atom stereocenters. The Labute approximate surface area is 143 Å². The molecule has 1 atom stereocenters. The maximum Gasteiger partial charge on any atom is 0.0971 e. The van der Waals surface area contributed by atoms with Crippen LogP contribution < -0.4 is 0 Å². The summed E-state index contributed by atoms with van der Waals surface area (Å²) in [6.45, 7) is 8.07. The number of allylic oxidation sites excluding steroid dienone is 5. The summed E-state index contributed by atoms with van der Waals surface area (Å²) >= 11 is 0. The molecule has 0 saturated heterocycles. The maximum atomic E-state index is 5.67. The molecular formula is C21H36O2. The fourth-order valence-corrected chi connectivity index (χ4v) is 2.86. The monoisotopic (exact) mass is 320 g/mol. The Kier molecular flexibility index (Phi) is 10.6. The standard InChI is InChI=1S/C21H36O2/c1-4-6-7-8-9-10-11-12-17-22-18-16-21(3)15-13-14-20(19-21)23-5-2/h13-16,18H,4-12,17,19H2,1-3H3. The van der Waals surface area contributed by atoms with Crippen molar-refractivity contribution < 1.29 is 9.47 Å². The van der Waals surface area contributed by atoms with Gasteiger partial charge in [-0.2, -0.15) is 0 Å². The predicted octanol–water partition coefficient (Wildman–Crippen LogP) is 6.54. The molecule has 1 aliphatic rings. The molecule has 0 aromatic carbocycles. The Morgan fingerprint density at radius 1 is 1.04 bits per heavy atom. The molecule has 0 aromatic heterocycles. The van der Waals surface area contributed by atoms with E-state index in [0.717, 1.165) is 31.8 Å². The van der Waals surface area contributed by atoms with E-state index < -0.39 is 0 Å². The van der Waals surface area contributed by atoms with Gasteiger partial charge in [-0.15, -0.1) is 0 Å². The molecule has 0 spiro atoms. The minimum atomic E-state index is 0.0124. The van der Waals surface area contributed by atoms with Crippen LogP contribution in [-0.2, 0) is 9.47 Å². The summed E-state index contributed by atoms with van der Waals surface area (Å²) in [7, 11) is 0. The van der Waals surface area contributed by atoms with Gasteiger partial charge in [0.05, 0.1) is 25.2 Å². The van der Waals surface area contributed by atoms with Crippen LogP contribution in [-0.4, -0.2) is 13.2 Å². The Bertz CT molecular complexity index is 381. The van der Waals surface area contributed by atoms with Crippen molar-refractivity contribution in [1.29, 1.82) is 0 Å². The first kappa shape index (κ1) is 19.9. The van der Waals surface area contributed by atoms with Gasteiger partial charge in [-0.1, -0.05) is 70.9 Å². The van der Waals surface area contributed by atoms with Crippen molar-refractivity contribution in [3.8, 4) is 0 Å². The molecule has 1 rings (SSSR count). The molecule has 2 heteroatoms. The van der Waals surface area contributed by atoms with Crippen LogP contribution in [0.1, 0.15) is 78.6 Å². The molecule has 0 aliphatic heterocycles. The summed E-state index contributed by atoms with van der Waals surface area (Å²) in [5.41, 5.74) is 0.0124. The fourth-order valence-electron chi connectivity index (χ4n) is 2.86. The first-order valence-corrected chi connectivity index (χ1v) is 9.50. The number of hydrogen-bond acceptors (Lipinski definition) is 2. The third-order valence-corrected chi connectivity index (χ3v) is 4.30. The molecule has 0 N–H and O–H groups in total. The van der Waals surface area contributed by atoms with E-state index in [9.17, 15) is 0 Å². The minimum absolute atomic E-state index is 0.0124. The summed E-state index contributed by atoms with van der Waals surface area (Å²) in [4.78, 5) is 0. The lowest BCUT2D eigenvalue weighted by Crippen LogP contribution is -2.14. The number of unbranched alkanes of at least 4 members (excludes halogenated alkanes) is 7. The predicted molar refractivity (Wildman–Crippen MR) is 99.3 cm³/mol. The third-order valence-electron chi connectivity index (χ3n) is 4.30. The molecule has 0 aromatic rings. The van der Waals surface area contributed by atoms with Gasteiger partial charge in [0, 0.05) is 11.8 Å². The zero-order valence-electron chi connectivity index (χ0n) is 15.5. The smallest absolute Gasteiger partial charge is 0.0971 e. The summed E-state index contributed by atoms with van der Waals surface area (Å²) in [6, 6.07) is 0. The van der Waals surface area contributed by atoms with Crippen LogP contribution in [0.5, 0.6) is 0 Å². The largest absolute Gasteiger partial charge is 0.501 e. The van der Waals surface area contributed by atoms with Gasteiger partial charge in [0.1, 0.15) is 0 Å². The molecule has 0 heterocycles. The van der Waals surface area contributed by atoms with Crippen LogP contribution in [0.4, 0.5) is 0 Å². The summed E-state index contributed by atoms with van der Waals surface area (Å²) < 4.78 is 11.3. The second-order valence-electron chi connectivity index (χ2n) is 6.76. The highest BCUT2D eigenvalue weighted by Gasteiger charge is 2.22. The van der Waals surface area contributed by atoms with Gasteiger partial charge in [-0.3, -0.25) is 0 Å². The van der Waals surface area contributed by atoms with Crippen LogP contribution in [0.15, 0.2) is 36.3 Å². The van der Waals surface area contributed by atoms with Crippen LogP contribution in [0.3, 0.4) is 0 Å². The van der Waals surface area contributed by atoms with Crippen molar-refractivity contribution in [3.05, 3.63) is 36.3 Å². The maximum absolute atomic E-state index is 5.67. The van der Waals surface area contributed by atoms with Crippen LogP contribution in [0.2, 0.25) is 0 Å². The van der Waals surface area contributed by atoms with Crippen molar-refractivity contribution in [2.75, 3.05) is 13.2 Å². The lowest BCUT2D eigenvalue weighted by molar-refractivity contribution is 0.199. The van der Waals surface area contributed by atoms with E-state index in [-0.39, 0.29) is 5.41 Å². The van der Waals surface area contributed by atoms with E-state index >= 15 is 0 Å². The van der Waals surface area contributed by atoms with Gasteiger partial charge in [-0.05, 0) is 25.5 Å². The lowest BCUT2D eigenvalue weighted by Gasteiger charge is -2.25. The summed E-state index contributed by atoms with van der Waals surface area (Å²) in [6.07, 6.45) is 22.0. The molecule has 0 radical (unpaired) electrons. The second kappa shape index (κ2) is 12.3. The van der Waals surface area contributed by atoms with Gasteiger partial charge >= 0.3 is 0 Å². The van der Waals surface area contributed by atoms with Gasteiger partial charge in [0.2, 0.25) is 0 Å². The molecular weight excluding hydrogens is 284 g/mol. The molecule has 0 saturated carbocycles. The van der Waals surface area contributed by atoms with E-state index in [1.165, 1.54) is 44.9 Å². The average Bonchev–Trinajstić information content (AvgIpc) is 2.53. The van der Waals surface area contributed by atoms with Crippen LogP contribution in [0.25, 0.3) is 0 Å². The Hall–Kier alpha value is -1.18. The summed E-state index contributed by atoms with van der Waals surface area (Å²) in [5.74, 6) is 1.06. The van der Waals surface area contributed by atoms with Crippen molar-refractivity contribution >= 4 is 0 Å². The third kappa shape index (κ3) is 9.53. The van der Waals surface area contributed by atoms with E-state index in [1.807, 2.05) is 13.2 Å². The topological polar surface area (TPSA) is 18.5 Å². The first-order chi connectivity index (χ1) is 11.2. The lowest BCUT2D eigenvalue weighted by atomic mass is 9.83. The SMILES string of the molecule is CCCCCCCCCCOC=CC1(C)C=CC=C(OCC)C1. The first-order valence-electron chi connectivity index (χ1n) is 9.50. The zero-order valence-corrected chi connectivity index (χ0v) is 15.5. The quantitative estimate of drug-likeness (QED) is 0.283. The van der Waals surface area contributed by atoms with Gasteiger partial charge in [-0.25, -0.2) is 0 Å². The van der Waals surface area contributed by atoms with Gasteiger partial charge < -0.3 is 9.47 Å². The van der Waals surface area contributed by atoms with Crippen molar-refractivity contribution in [1.82, 2.24) is 0 Å². The molecule has 0 fully saturated rings. The fraction of sp³-hybridized carbons (Fsp3) is 0.714. The molecule has 0 bridgehead atoms. The molecule has 132 valence electrons. The Balaban J connectivity index is 2.06. The van der Waals surface area contributed by atoms with E-state index in [4.69, 9.17) is 9.47 Å². The number of hydrogen-bond donors (Lipinski definition) is 0. The van der Waals surface area contributed by atoms with Crippen molar-refractivity contribution in [3.63, 3.8) is 0 Å². The summed E-state index contributed by atoms with van der Waals surface area (Å²) in [5, 5.41) is 0. The van der Waals surface area contributed by atoms with Crippen LogP contribution >= 0.6 is 0 Å². The zero-order chi connectivity index (χ0) is 16.8. The number of rotatable bonds is 13. The van der Waals surface area contributed by atoms with E-state index in [1.54, 1.807) is 0 Å². The average molecular weight is 321 g/mol. The molecule has 23 heavy (non-hydrogen) atoms. The van der Waals surface area contributed by atoms with Gasteiger partial charge in [0.25, 0.3) is 0 Å². The Morgan fingerprint density at radius 2 is 1.74 bits per heavy atom. The second-order valence-corrected chi connectivity index (χ2v) is 6.76. The normalized spacial score (nSPS) is 20.7.